The summed E-state index contributed by atoms with van der Waals surface area (Å²) in [6.45, 7) is 0.566. The van der Waals surface area contributed by atoms with Crippen LogP contribution in [-0.4, -0.2) is 7.05 Å². The van der Waals surface area contributed by atoms with E-state index in [-0.39, 0.29) is 0 Å². The molecule has 1 aromatic heterocycles. The van der Waals surface area contributed by atoms with Crippen molar-refractivity contribution in [1.82, 2.24) is 0 Å². The standard InChI is InChI=1S/C12H12ClNOS/c1-14-9-2-4-10(5-3-9)15-8-11-6-7-12(13)16-11/h2-7,14H,8H2,1H3. The van der Waals surface area contributed by atoms with E-state index in [2.05, 4.69) is 5.32 Å². The van der Waals surface area contributed by atoms with Crippen LogP contribution in [0.25, 0.3) is 0 Å². The van der Waals surface area contributed by atoms with Gasteiger partial charge in [-0.05, 0) is 36.4 Å². The summed E-state index contributed by atoms with van der Waals surface area (Å²) < 4.78 is 6.42. The molecule has 0 amide bonds. The van der Waals surface area contributed by atoms with Crippen LogP contribution in [0.15, 0.2) is 36.4 Å². The summed E-state index contributed by atoms with van der Waals surface area (Å²) in [6, 6.07) is 11.7. The number of benzene rings is 1. The SMILES string of the molecule is CNc1ccc(OCc2ccc(Cl)s2)cc1. The van der Waals surface area contributed by atoms with Crippen LogP contribution in [-0.2, 0) is 6.61 Å². The van der Waals surface area contributed by atoms with Gasteiger partial charge in [-0.25, -0.2) is 0 Å². The maximum atomic E-state index is 5.84. The van der Waals surface area contributed by atoms with Crippen LogP contribution in [0.1, 0.15) is 4.88 Å². The third-order valence-electron chi connectivity index (χ3n) is 2.15. The molecule has 0 saturated carbocycles. The molecule has 1 heterocycles. The second-order valence-electron chi connectivity index (χ2n) is 3.27. The van der Waals surface area contributed by atoms with Crippen LogP contribution in [0.3, 0.4) is 0 Å². The van der Waals surface area contributed by atoms with Gasteiger partial charge in [-0.3, -0.25) is 0 Å². The Morgan fingerprint density at radius 3 is 2.50 bits per heavy atom. The first-order valence-corrected chi connectivity index (χ1v) is 6.12. The molecule has 2 nitrogen and oxygen atoms in total. The predicted molar refractivity (Wildman–Crippen MR) is 69.6 cm³/mol. The smallest absolute Gasteiger partial charge is 0.122 e. The Morgan fingerprint density at radius 1 is 1.19 bits per heavy atom. The van der Waals surface area contributed by atoms with E-state index in [9.17, 15) is 0 Å². The van der Waals surface area contributed by atoms with Crippen molar-refractivity contribution in [3.8, 4) is 5.75 Å². The minimum absolute atomic E-state index is 0.566. The van der Waals surface area contributed by atoms with Crippen molar-refractivity contribution in [1.29, 1.82) is 0 Å². The van der Waals surface area contributed by atoms with Gasteiger partial charge in [0, 0.05) is 17.6 Å². The van der Waals surface area contributed by atoms with E-state index in [4.69, 9.17) is 16.3 Å². The minimum Gasteiger partial charge on any atom is -0.488 e. The number of ether oxygens (including phenoxy) is 1. The van der Waals surface area contributed by atoms with Gasteiger partial charge >= 0.3 is 0 Å². The lowest BCUT2D eigenvalue weighted by Gasteiger charge is -2.05. The molecule has 0 radical (unpaired) electrons. The van der Waals surface area contributed by atoms with E-state index < -0.39 is 0 Å². The van der Waals surface area contributed by atoms with Crippen molar-refractivity contribution in [2.75, 3.05) is 12.4 Å². The van der Waals surface area contributed by atoms with Crippen LogP contribution >= 0.6 is 22.9 Å². The topological polar surface area (TPSA) is 21.3 Å². The highest BCUT2D eigenvalue weighted by Crippen LogP contribution is 2.23. The summed E-state index contributed by atoms with van der Waals surface area (Å²) in [5, 5.41) is 3.06. The van der Waals surface area contributed by atoms with E-state index in [1.165, 1.54) is 0 Å². The molecule has 4 heteroatoms. The average Bonchev–Trinajstić information content (AvgIpc) is 2.73. The lowest BCUT2D eigenvalue weighted by molar-refractivity contribution is 0.310. The van der Waals surface area contributed by atoms with Gasteiger partial charge in [-0.2, -0.15) is 0 Å². The molecule has 0 unspecified atom stereocenters. The molecule has 1 N–H and O–H groups in total. The molecule has 0 spiro atoms. The maximum absolute atomic E-state index is 5.84. The summed E-state index contributed by atoms with van der Waals surface area (Å²) in [7, 11) is 1.89. The molecule has 16 heavy (non-hydrogen) atoms. The summed E-state index contributed by atoms with van der Waals surface area (Å²) in [5.41, 5.74) is 1.08. The number of halogens is 1. The van der Waals surface area contributed by atoms with Gasteiger partial charge in [0.2, 0.25) is 0 Å². The molecule has 0 aliphatic heterocycles. The van der Waals surface area contributed by atoms with E-state index in [0.717, 1.165) is 20.7 Å². The molecule has 0 saturated heterocycles. The number of hydrogen-bond acceptors (Lipinski definition) is 3. The zero-order valence-electron chi connectivity index (χ0n) is 8.87. The van der Waals surface area contributed by atoms with Gasteiger partial charge in [0.25, 0.3) is 0 Å². The largest absolute Gasteiger partial charge is 0.488 e. The second-order valence-corrected chi connectivity index (χ2v) is 5.07. The van der Waals surface area contributed by atoms with Gasteiger partial charge in [0.15, 0.2) is 0 Å². The number of anilines is 1. The molecule has 0 aliphatic carbocycles. The number of hydrogen-bond donors (Lipinski definition) is 1. The zero-order chi connectivity index (χ0) is 11.4. The Kier molecular flexibility index (Phi) is 3.70. The minimum atomic E-state index is 0.566. The van der Waals surface area contributed by atoms with E-state index in [1.807, 2.05) is 43.4 Å². The Labute approximate surface area is 104 Å². The van der Waals surface area contributed by atoms with Crippen molar-refractivity contribution < 1.29 is 4.74 Å². The Hall–Kier alpha value is -1.19. The summed E-state index contributed by atoms with van der Waals surface area (Å²) >= 11 is 7.38. The Bertz CT molecular complexity index is 452. The number of nitrogens with one attached hydrogen (secondary N) is 1. The molecule has 0 aliphatic rings. The number of thiophene rings is 1. The predicted octanol–water partition coefficient (Wildman–Crippen LogP) is 4.02. The molecule has 0 atom stereocenters. The maximum Gasteiger partial charge on any atom is 0.122 e. The van der Waals surface area contributed by atoms with Crippen molar-refractivity contribution >= 4 is 28.6 Å². The fourth-order valence-corrected chi connectivity index (χ4v) is 2.30. The lowest BCUT2D eigenvalue weighted by atomic mass is 10.3. The average molecular weight is 254 g/mol. The first-order chi connectivity index (χ1) is 7.78. The molecule has 2 rings (SSSR count). The van der Waals surface area contributed by atoms with Gasteiger partial charge in [-0.1, -0.05) is 11.6 Å². The van der Waals surface area contributed by atoms with Gasteiger partial charge in [0.05, 0.1) is 4.34 Å². The van der Waals surface area contributed by atoms with E-state index in [1.54, 1.807) is 11.3 Å². The van der Waals surface area contributed by atoms with Crippen LogP contribution in [0.5, 0.6) is 5.75 Å². The van der Waals surface area contributed by atoms with Crippen molar-refractivity contribution in [3.05, 3.63) is 45.6 Å². The van der Waals surface area contributed by atoms with Crippen molar-refractivity contribution in [3.63, 3.8) is 0 Å². The van der Waals surface area contributed by atoms with Crippen LogP contribution in [0.4, 0.5) is 5.69 Å². The monoisotopic (exact) mass is 253 g/mol. The molecule has 0 bridgehead atoms. The quantitative estimate of drug-likeness (QED) is 0.889. The summed E-state index contributed by atoms with van der Waals surface area (Å²) in [6.07, 6.45) is 0. The first kappa shape index (κ1) is 11.3. The normalized spacial score (nSPS) is 10.1. The van der Waals surface area contributed by atoms with Gasteiger partial charge in [-0.15, -0.1) is 11.3 Å². The fraction of sp³-hybridized carbons (Fsp3) is 0.167. The molecular weight excluding hydrogens is 242 g/mol. The molecule has 84 valence electrons. The highest BCUT2D eigenvalue weighted by atomic mass is 35.5. The third-order valence-corrected chi connectivity index (χ3v) is 3.36. The summed E-state index contributed by atoms with van der Waals surface area (Å²) in [5.74, 6) is 0.864. The summed E-state index contributed by atoms with van der Waals surface area (Å²) in [4.78, 5) is 1.13. The van der Waals surface area contributed by atoms with Gasteiger partial charge in [0.1, 0.15) is 12.4 Å². The van der Waals surface area contributed by atoms with Crippen molar-refractivity contribution in [2.24, 2.45) is 0 Å². The fourth-order valence-electron chi connectivity index (χ4n) is 1.30. The van der Waals surface area contributed by atoms with Crippen molar-refractivity contribution in [2.45, 2.75) is 6.61 Å². The van der Waals surface area contributed by atoms with Crippen LogP contribution < -0.4 is 10.1 Å². The Morgan fingerprint density at radius 2 is 1.94 bits per heavy atom. The molecular formula is C12H12ClNOS. The van der Waals surface area contributed by atoms with Crippen LogP contribution in [0, 0.1) is 0 Å². The lowest BCUT2D eigenvalue weighted by Crippen LogP contribution is -1.93. The van der Waals surface area contributed by atoms with Gasteiger partial charge < -0.3 is 10.1 Å². The first-order valence-electron chi connectivity index (χ1n) is 4.93. The second kappa shape index (κ2) is 5.23. The Balaban J connectivity index is 1.94. The highest BCUT2D eigenvalue weighted by Gasteiger charge is 1.99. The van der Waals surface area contributed by atoms with Crippen LogP contribution in [0.2, 0.25) is 4.34 Å². The third kappa shape index (κ3) is 2.90. The zero-order valence-corrected chi connectivity index (χ0v) is 10.4. The van der Waals surface area contributed by atoms with E-state index in [0.29, 0.717) is 6.61 Å². The molecule has 0 fully saturated rings. The number of rotatable bonds is 4. The highest BCUT2D eigenvalue weighted by molar-refractivity contribution is 7.16. The van der Waals surface area contributed by atoms with E-state index >= 15 is 0 Å². The molecule has 1 aromatic carbocycles. The molecule has 2 aromatic rings.